The average Bonchev–Trinajstić information content (AvgIpc) is 2.61. The summed E-state index contributed by atoms with van der Waals surface area (Å²) in [4.78, 5) is 23.4. The SMILES string of the molecule is CCCOc1ccc(C(=O)O)cc1NC(=O)Cc1ccc(OC)cc1. The van der Waals surface area contributed by atoms with Gasteiger partial charge < -0.3 is 19.9 Å². The molecule has 2 N–H and O–H groups in total. The van der Waals surface area contributed by atoms with Crippen molar-refractivity contribution in [2.75, 3.05) is 19.0 Å². The quantitative estimate of drug-likeness (QED) is 0.768. The van der Waals surface area contributed by atoms with Gasteiger partial charge in [-0.25, -0.2) is 4.79 Å². The predicted octanol–water partition coefficient (Wildman–Crippen LogP) is 3.36. The lowest BCUT2D eigenvalue weighted by atomic mass is 10.1. The van der Waals surface area contributed by atoms with E-state index >= 15 is 0 Å². The molecular weight excluding hydrogens is 322 g/mol. The summed E-state index contributed by atoms with van der Waals surface area (Å²) in [5, 5.41) is 11.9. The van der Waals surface area contributed by atoms with Gasteiger partial charge in [0, 0.05) is 0 Å². The van der Waals surface area contributed by atoms with Crippen molar-refractivity contribution in [2.45, 2.75) is 19.8 Å². The molecule has 0 unspecified atom stereocenters. The fourth-order valence-corrected chi connectivity index (χ4v) is 2.22. The first-order valence-electron chi connectivity index (χ1n) is 7.96. The normalized spacial score (nSPS) is 10.2. The molecule has 6 heteroatoms. The molecule has 6 nitrogen and oxygen atoms in total. The van der Waals surface area contributed by atoms with Crippen LogP contribution in [0, 0.1) is 0 Å². The van der Waals surface area contributed by atoms with Crippen molar-refractivity contribution in [1.29, 1.82) is 0 Å². The van der Waals surface area contributed by atoms with Gasteiger partial charge in [0.15, 0.2) is 0 Å². The number of anilines is 1. The minimum absolute atomic E-state index is 0.0867. The second kappa shape index (κ2) is 8.73. The fourth-order valence-electron chi connectivity index (χ4n) is 2.22. The van der Waals surface area contributed by atoms with Crippen molar-refractivity contribution in [3.8, 4) is 11.5 Å². The zero-order valence-corrected chi connectivity index (χ0v) is 14.2. The van der Waals surface area contributed by atoms with E-state index < -0.39 is 5.97 Å². The number of benzene rings is 2. The van der Waals surface area contributed by atoms with Gasteiger partial charge in [0.05, 0.1) is 31.4 Å². The van der Waals surface area contributed by atoms with Crippen molar-refractivity contribution < 1.29 is 24.2 Å². The van der Waals surface area contributed by atoms with Crippen molar-refractivity contribution in [1.82, 2.24) is 0 Å². The Balaban J connectivity index is 2.13. The summed E-state index contributed by atoms with van der Waals surface area (Å²) >= 11 is 0. The Bertz CT molecular complexity index is 740. The minimum atomic E-state index is -1.06. The largest absolute Gasteiger partial charge is 0.497 e. The molecule has 0 saturated carbocycles. The fraction of sp³-hybridized carbons (Fsp3) is 0.263. The number of carbonyl (C=O) groups is 2. The molecule has 0 bridgehead atoms. The monoisotopic (exact) mass is 343 g/mol. The molecule has 25 heavy (non-hydrogen) atoms. The number of rotatable bonds is 8. The first kappa shape index (κ1) is 18.3. The maximum Gasteiger partial charge on any atom is 0.335 e. The van der Waals surface area contributed by atoms with Crippen molar-refractivity contribution in [3.63, 3.8) is 0 Å². The van der Waals surface area contributed by atoms with Crippen LogP contribution in [0.25, 0.3) is 0 Å². The van der Waals surface area contributed by atoms with Crippen LogP contribution in [0.15, 0.2) is 42.5 Å². The number of carboxylic acids is 1. The molecule has 1 amide bonds. The van der Waals surface area contributed by atoms with Gasteiger partial charge in [-0.05, 0) is 42.3 Å². The van der Waals surface area contributed by atoms with Gasteiger partial charge in [0.25, 0.3) is 0 Å². The summed E-state index contributed by atoms with van der Waals surface area (Å²) in [5.41, 5.74) is 1.26. The average molecular weight is 343 g/mol. The maximum absolute atomic E-state index is 12.3. The van der Waals surface area contributed by atoms with Crippen LogP contribution in [0.5, 0.6) is 11.5 Å². The van der Waals surface area contributed by atoms with Gasteiger partial charge in [-0.2, -0.15) is 0 Å². The van der Waals surface area contributed by atoms with E-state index in [1.807, 2.05) is 6.92 Å². The Hall–Kier alpha value is -3.02. The van der Waals surface area contributed by atoms with E-state index in [1.165, 1.54) is 12.1 Å². The second-order valence-corrected chi connectivity index (χ2v) is 5.44. The van der Waals surface area contributed by atoms with E-state index in [0.717, 1.165) is 12.0 Å². The molecular formula is C19H21NO5. The van der Waals surface area contributed by atoms with Crippen molar-refractivity contribution in [2.24, 2.45) is 0 Å². The van der Waals surface area contributed by atoms with Crippen LogP contribution >= 0.6 is 0 Å². The smallest absolute Gasteiger partial charge is 0.335 e. The number of ether oxygens (including phenoxy) is 2. The van der Waals surface area contributed by atoms with Gasteiger partial charge in [-0.3, -0.25) is 4.79 Å². The maximum atomic E-state index is 12.3. The number of aromatic carboxylic acids is 1. The number of hydrogen-bond acceptors (Lipinski definition) is 4. The van der Waals surface area contributed by atoms with E-state index in [4.69, 9.17) is 14.6 Å². The number of carbonyl (C=O) groups excluding carboxylic acids is 1. The molecule has 0 spiro atoms. The molecule has 2 aromatic rings. The number of hydrogen-bond donors (Lipinski definition) is 2. The summed E-state index contributed by atoms with van der Waals surface area (Å²) < 4.78 is 10.7. The van der Waals surface area contributed by atoms with Crippen LogP contribution in [-0.2, 0) is 11.2 Å². The molecule has 0 heterocycles. The third-order valence-corrected chi connectivity index (χ3v) is 3.49. The summed E-state index contributed by atoms with van der Waals surface area (Å²) in [7, 11) is 1.58. The Morgan fingerprint density at radius 1 is 1.12 bits per heavy atom. The highest BCUT2D eigenvalue weighted by molar-refractivity contribution is 5.96. The highest BCUT2D eigenvalue weighted by atomic mass is 16.5. The van der Waals surface area contributed by atoms with Crippen LogP contribution in [0.1, 0.15) is 29.3 Å². The summed E-state index contributed by atoms with van der Waals surface area (Å²) in [5.74, 6) is -0.148. The van der Waals surface area contributed by atoms with Gasteiger partial charge >= 0.3 is 5.97 Å². The third-order valence-electron chi connectivity index (χ3n) is 3.49. The lowest BCUT2D eigenvalue weighted by Crippen LogP contribution is -2.16. The number of nitrogens with one attached hydrogen (secondary N) is 1. The zero-order chi connectivity index (χ0) is 18.2. The van der Waals surface area contributed by atoms with E-state index in [0.29, 0.717) is 23.8 Å². The molecule has 2 rings (SSSR count). The van der Waals surface area contributed by atoms with Crippen LogP contribution < -0.4 is 14.8 Å². The minimum Gasteiger partial charge on any atom is -0.497 e. The molecule has 0 aromatic heterocycles. The van der Waals surface area contributed by atoms with E-state index in [1.54, 1.807) is 37.4 Å². The Morgan fingerprint density at radius 3 is 2.44 bits per heavy atom. The van der Waals surface area contributed by atoms with Crippen LogP contribution in [-0.4, -0.2) is 30.7 Å². The second-order valence-electron chi connectivity index (χ2n) is 5.44. The number of methoxy groups -OCH3 is 1. The Morgan fingerprint density at radius 2 is 1.84 bits per heavy atom. The standard InChI is InChI=1S/C19H21NO5/c1-3-10-25-17-9-6-14(19(22)23)12-16(17)20-18(21)11-13-4-7-15(24-2)8-5-13/h4-9,12H,3,10-11H2,1-2H3,(H,20,21)(H,22,23). The van der Waals surface area contributed by atoms with Gasteiger partial charge in [-0.1, -0.05) is 19.1 Å². The molecule has 0 aliphatic carbocycles. The molecule has 0 aliphatic heterocycles. The lowest BCUT2D eigenvalue weighted by Gasteiger charge is -2.13. The number of carboxylic acid groups (broad SMARTS) is 1. The summed E-state index contributed by atoms with van der Waals surface area (Å²) in [6.45, 7) is 2.45. The number of amides is 1. The topological polar surface area (TPSA) is 84.9 Å². The molecule has 0 saturated heterocycles. The van der Waals surface area contributed by atoms with E-state index in [2.05, 4.69) is 5.32 Å². The van der Waals surface area contributed by atoms with Crippen molar-refractivity contribution in [3.05, 3.63) is 53.6 Å². The Kier molecular flexibility index (Phi) is 6.39. The molecule has 0 fully saturated rings. The third kappa shape index (κ3) is 5.24. The van der Waals surface area contributed by atoms with Crippen LogP contribution in [0.3, 0.4) is 0 Å². The first-order valence-corrected chi connectivity index (χ1v) is 7.96. The van der Waals surface area contributed by atoms with Gasteiger partial charge in [-0.15, -0.1) is 0 Å². The molecule has 0 radical (unpaired) electrons. The first-order chi connectivity index (χ1) is 12.0. The lowest BCUT2D eigenvalue weighted by molar-refractivity contribution is -0.115. The summed E-state index contributed by atoms with van der Waals surface area (Å²) in [6.07, 6.45) is 0.967. The van der Waals surface area contributed by atoms with Crippen LogP contribution in [0.2, 0.25) is 0 Å². The molecule has 0 aliphatic rings. The van der Waals surface area contributed by atoms with Crippen LogP contribution in [0.4, 0.5) is 5.69 Å². The van der Waals surface area contributed by atoms with E-state index in [9.17, 15) is 9.59 Å². The summed E-state index contributed by atoms with van der Waals surface area (Å²) in [6, 6.07) is 11.6. The van der Waals surface area contributed by atoms with Crippen molar-refractivity contribution >= 4 is 17.6 Å². The van der Waals surface area contributed by atoms with Gasteiger partial charge in [0.1, 0.15) is 11.5 Å². The van der Waals surface area contributed by atoms with Gasteiger partial charge in [0.2, 0.25) is 5.91 Å². The highest BCUT2D eigenvalue weighted by Crippen LogP contribution is 2.26. The van der Waals surface area contributed by atoms with E-state index in [-0.39, 0.29) is 17.9 Å². The Labute approximate surface area is 146 Å². The zero-order valence-electron chi connectivity index (χ0n) is 14.2. The molecule has 132 valence electrons. The molecule has 0 atom stereocenters. The predicted molar refractivity (Wildman–Crippen MR) is 94.5 cm³/mol. The molecule has 2 aromatic carbocycles. The highest BCUT2D eigenvalue weighted by Gasteiger charge is 2.13.